The monoisotopic (exact) mass is 194 g/mol. The van der Waals surface area contributed by atoms with Gasteiger partial charge < -0.3 is 11.5 Å². The first-order valence-corrected chi connectivity index (χ1v) is 4.75. The number of aromatic nitrogens is 2. The van der Waals surface area contributed by atoms with Crippen LogP contribution in [0.3, 0.4) is 0 Å². The lowest BCUT2D eigenvalue weighted by Crippen LogP contribution is -1.94. The minimum absolute atomic E-state index is 0.483. The Morgan fingerprint density at radius 2 is 2.23 bits per heavy atom. The molecule has 4 N–H and O–H groups in total. The first kappa shape index (κ1) is 8.40. The van der Waals surface area contributed by atoms with E-state index in [-0.39, 0.29) is 0 Å². The maximum atomic E-state index is 5.69. The summed E-state index contributed by atoms with van der Waals surface area (Å²) in [6.45, 7) is 2.46. The number of fused-ring (bicyclic) bond motifs is 1. The van der Waals surface area contributed by atoms with Crippen LogP contribution in [0.2, 0.25) is 0 Å². The molecule has 0 spiro atoms. The van der Waals surface area contributed by atoms with Crippen molar-refractivity contribution < 1.29 is 0 Å². The summed E-state index contributed by atoms with van der Waals surface area (Å²) in [7, 11) is 0. The van der Waals surface area contributed by atoms with Crippen molar-refractivity contribution in [1.29, 1.82) is 0 Å². The average molecular weight is 194 g/mol. The summed E-state index contributed by atoms with van der Waals surface area (Å²) in [5.41, 5.74) is 12.1. The van der Waals surface area contributed by atoms with Crippen molar-refractivity contribution in [1.82, 2.24) is 10.2 Å². The lowest BCUT2D eigenvalue weighted by atomic mass is 10.3. The molecule has 0 fully saturated rings. The molecule has 0 saturated carbocycles. The van der Waals surface area contributed by atoms with Crippen molar-refractivity contribution in [3.63, 3.8) is 0 Å². The van der Waals surface area contributed by atoms with Crippen molar-refractivity contribution in [2.24, 2.45) is 5.73 Å². The molecule has 0 unspecified atom stereocenters. The fourth-order valence-corrected chi connectivity index (χ4v) is 2.21. The van der Waals surface area contributed by atoms with Crippen LogP contribution in [-0.4, -0.2) is 10.2 Å². The largest absolute Gasteiger partial charge is 0.382 e. The van der Waals surface area contributed by atoms with Gasteiger partial charge in [-0.1, -0.05) is 0 Å². The van der Waals surface area contributed by atoms with Crippen molar-refractivity contribution in [2.45, 2.75) is 13.5 Å². The van der Waals surface area contributed by atoms with Crippen LogP contribution in [0.5, 0.6) is 0 Å². The van der Waals surface area contributed by atoms with Gasteiger partial charge in [-0.25, -0.2) is 0 Å². The minimum atomic E-state index is 0.483. The number of nitrogens with zero attached hydrogens (tertiary/aromatic N) is 2. The van der Waals surface area contributed by atoms with Crippen LogP contribution in [0.1, 0.15) is 10.6 Å². The summed E-state index contributed by atoms with van der Waals surface area (Å²) in [6, 6.07) is 1.98. The Labute approximate surface area is 79.6 Å². The van der Waals surface area contributed by atoms with Gasteiger partial charge in [-0.15, -0.1) is 16.4 Å². The highest BCUT2D eigenvalue weighted by molar-refractivity contribution is 7.19. The van der Waals surface area contributed by atoms with Gasteiger partial charge >= 0.3 is 0 Å². The van der Waals surface area contributed by atoms with Crippen LogP contribution >= 0.6 is 11.3 Å². The standard InChI is InChI=1S/C8H10N4S/c1-4-7-6(8(10)12-11-4)2-5(3-9)13-7/h2H,3,9H2,1H3,(H2,10,12). The maximum Gasteiger partial charge on any atom is 0.154 e. The Kier molecular flexibility index (Phi) is 1.90. The highest BCUT2D eigenvalue weighted by atomic mass is 32.1. The summed E-state index contributed by atoms with van der Waals surface area (Å²) in [4.78, 5) is 1.11. The summed E-state index contributed by atoms with van der Waals surface area (Å²) < 4.78 is 1.09. The van der Waals surface area contributed by atoms with E-state index in [1.165, 1.54) is 0 Å². The first-order valence-electron chi connectivity index (χ1n) is 3.93. The van der Waals surface area contributed by atoms with E-state index in [1.54, 1.807) is 11.3 Å². The SMILES string of the molecule is Cc1nnc(N)c2cc(CN)sc12. The van der Waals surface area contributed by atoms with E-state index in [1.807, 2.05) is 13.0 Å². The molecule has 0 aliphatic carbocycles. The maximum absolute atomic E-state index is 5.69. The number of rotatable bonds is 1. The molecule has 0 bridgehead atoms. The number of hydrogen-bond donors (Lipinski definition) is 2. The Hall–Kier alpha value is -1.20. The number of nitrogens with two attached hydrogens (primary N) is 2. The number of anilines is 1. The molecular weight excluding hydrogens is 184 g/mol. The van der Waals surface area contributed by atoms with Gasteiger partial charge in [0.25, 0.3) is 0 Å². The third-order valence-corrected chi connectivity index (χ3v) is 3.16. The molecule has 0 saturated heterocycles. The van der Waals surface area contributed by atoms with Crippen LogP contribution in [-0.2, 0) is 6.54 Å². The molecular formula is C8H10N4S. The summed E-state index contributed by atoms with van der Waals surface area (Å²) in [5, 5.41) is 8.77. The number of nitrogen functional groups attached to an aromatic ring is 1. The fourth-order valence-electron chi connectivity index (χ4n) is 1.23. The molecule has 68 valence electrons. The molecule has 2 heterocycles. The second-order valence-corrected chi connectivity index (χ2v) is 3.97. The molecule has 0 aliphatic rings. The van der Waals surface area contributed by atoms with E-state index in [4.69, 9.17) is 11.5 Å². The summed E-state index contributed by atoms with van der Waals surface area (Å²) in [6.07, 6.45) is 0. The average Bonchev–Trinajstić information content (AvgIpc) is 2.56. The lowest BCUT2D eigenvalue weighted by molar-refractivity contribution is 1.01. The quantitative estimate of drug-likeness (QED) is 0.711. The van der Waals surface area contributed by atoms with Gasteiger partial charge in [-0.05, 0) is 13.0 Å². The van der Waals surface area contributed by atoms with Crippen LogP contribution < -0.4 is 11.5 Å². The highest BCUT2D eigenvalue weighted by Gasteiger charge is 2.07. The predicted octanol–water partition coefficient (Wildman–Crippen LogP) is 1.04. The zero-order chi connectivity index (χ0) is 9.42. The van der Waals surface area contributed by atoms with E-state index < -0.39 is 0 Å². The van der Waals surface area contributed by atoms with Gasteiger partial charge in [0.2, 0.25) is 0 Å². The van der Waals surface area contributed by atoms with E-state index in [2.05, 4.69) is 10.2 Å². The smallest absolute Gasteiger partial charge is 0.154 e. The number of thiophene rings is 1. The Balaban J connectivity index is 2.80. The molecule has 0 atom stereocenters. The molecule has 0 radical (unpaired) electrons. The third-order valence-electron chi connectivity index (χ3n) is 1.90. The van der Waals surface area contributed by atoms with Crippen molar-refractivity contribution in [2.75, 3.05) is 5.73 Å². The second kappa shape index (κ2) is 2.93. The molecule has 13 heavy (non-hydrogen) atoms. The van der Waals surface area contributed by atoms with E-state index in [9.17, 15) is 0 Å². The summed E-state index contributed by atoms with van der Waals surface area (Å²) >= 11 is 1.63. The lowest BCUT2D eigenvalue weighted by Gasteiger charge is -1.95. The molecule has 4 nitrogen and oxygen atoms in total. The predicted molar refractivity (Wildman–Crippen MR) is 54.5 cm³/mol. The molecule has 2 rings (SSSR count). The van der Waals surface area contributed by atoms with Gasteiger partial charge in [0.15, 0.2) is 5.82 Å². The van der Waals surface area contributed by atoms with Crippen molar-refractivity contribution in [3.05, 3.63) is 16.6 Å². The molecule has 0 aliphatic heterocycles. The van der Waals surface area contributed by atoms with E-state index >= 15 is 0 Å². The van der Waals surface area contributed by atoms with Crippen molar-refractivity contribution in [3.8, 4) is 0 Å². The van der Waals surface area contributed by atoms with Crippen LogP contribution in [0.25, 0.3) is 10.1 Å². The van der Waals surface area contributed by atoms with Gasteiger partial charge in [-0.2, -0.15) is 5.10 Å². The normalized spacial score (nSPS) is 10.9. The fraction of sp³-hybridized carbons (Fsp3) is 0.250. The third kappa shape index (κ3) is 1.26. The topological polar surface area (TPSA) is 77.8 Å². The zero-order valence-corrected chi connectivity index (χ0v) is 8.06. The van der Waals surface area contributed by atoms with Crippen molar-refractivity contribution >= 4 is 27.2 Å². The van der Waals surface area contributed by atoms with Crippen LogP contribution in [0, 0.1) is 6.92 Å². The molecule has 2 aromatic rings. The minimum Gasteiger partial charge on any atom is -0.382 e. The van der Waals surface area contributed by atoms with E-state index in [0.717, 1.165) is 20.7 Å². The number of aryl methyl sites for hydroxylation is 1. The molecule has 2 aromatic heterocycles. The first-order chi connectivity index (χ1) is 6.22. The van der Waals surface area contributed by atoms with Crippen LogP contribution in [0.4, 0.5) is 5.82 Å². The Bertz CT molecular complexity index is 410. The molecule has 5 heteroatoms. The summed E-state index contributed by atoms with van der Waals surface area (Å²) in [5.74, 6) is 0.483. The van der Waals surface area contributed by atoms with Gasteiger partial charge in [0.1, 0.15) is 0 Å². The van der Waals surface area contributed by atoms with Gasteiger partial charge in [0, 0.05) is 16.8 Å². The highest BCUT2D eigenvalue weighted by Crippen LogP contribution is 2.29. The van der Waals surface area contributed by atoms with Gasteiger partial charge in [-0.3, -0.25) is 0 Å². The molecule has 0 amide bonds. The Morgan fingerprint density at radius 1 is 1.46 bits per heavy atom. The van der Waals surface area contributed by atoms with E-state index in [0.29, 0.717) is 12.4 Å². The second-order valence-electron chi connectivity index (χ2n) is 2.83. The Morgan fingerprint density at radius 3 is 2.85 bits per heavy atom. The van der Waals surface area contributed by atoms with Gasteiger partial charge in [0.05, 0.1) is 10.4 Å². The number of hydrogen-bond acceptors (Lipinski definition) is 5. The zero-order valence-electron chi connectivity index (χ0n) is 7.24. The molecule has 0 aromatic carbocycles. The van der Waals surface area contributed by atoms with Crippen LogP contribution in [0.15, 0.2) is 6.07 Å².